The number of hydrogen-bond donors (Lipinski definition) is 2. The molecule has 0 radical (unpaired) electrons. The number of anilines is 3. The summed E-state index contributed by atoms with van der Waals surface area (Å²) in [6, 6.07) is 8.23. The summed E-state index contributed by atoms with van der Waals surface area (Å²) in [7, 11) is 4.02. The van der Waals surface area contributed by atoms with Gasteiger partial charge in [-0.25, -0.2) is 0 Å². The van der Waals surface area contributed by atoms with E-state index in [0.717, 1.165) is 62.9 Å². The topological polar surface area (TPSA) is 81.8 Å². The van der Waals surface area contributed by atoms with Crippen molar-refractivity contribution in [3.63, 3.8) is 0 Å². The van der Waals surface area contributed by atoms with Gasteiger partial charge in [0.05, 0.1) is 0 Å². The number of carbonyl (C=O) groups is 1. The van der Waals surface area contributed by atoms with Gasteiger partial charge in [-0.15, -0.1) is 0 Å². The molecule has 4 rings (SSSR count). The first kappa shape index (κ1) is 24.3. The highest BCUT2D eigenvalue weighted by Crippen LogP contribution is 2.31. The molecule has 184 valence electrons. The van der Waals surface area contributed by atoms with Crippen molar-refractivity contribution >= 4 is 23.0 Å². The number of nitrogens with zero attached hydrogens (tertiary/aromatic N) is 2. The van der Waals surface area contributed by atoms with Crippen LogP contribution in [0.3, 0.4) is 0 Å². The van der Waals surface area contributed by atoms with Crippen molar-refractivity contribution in [2.45, 2.75) is 52.0 Å². The minimum absolute atomic E-state index is 0.0503. The Labute approximate surface area is 202 Å². The van der Waals surface area contributed by atoms with Gasteiger partial charge in [0.15, 0.2) is 0 Å². The summed E-state index contributed by atoms with van der Waals surface area (Å²) in [6.45, 7) is 5.17. The molecule has 0 atom stereocenters. The first-order valence-corrected chi connectivity index (χ1v) is 12.7. The second-order valence-electron chi connectivity index (χ2n) is 10.4. The van der Waals surface area contributed by atoms with Gasteiger partial charge >= 0.3 is 0 Å². The summed E-state index contributed by atoms with van der Waals surface area (Å²) in [4.78, 5) is 41.2. The summed E-state index contributed by atoms with van der Waals surface area (Å²) >= 11 is 0. The van der Waals surface area contributed by atoms with Gasteiger partial charge in [0.2, 0.25) is 5.91 Å². The molecule has 0 aromatic heterocycles. The summed E-state index contributed by atoms with van der Waals surface area (Å²) in [5.41, 5.74) is 2.64. The molecule has 2 fully saturated rings. The Hall–Kier alpha value is -2.83. The third-order valence-corrected chi connectivity index (χ3v) is 7.69. The van der Waals surface area contributed by atoms with Gasteiger partial charge in [-0.1, -0.05) is 19.1 Å². The Kier molecular flexibility index (Phi) is 7.59. The van der Waals surface area contributed by atoms with Crippen molar-refractivity contribution < 1.29 is 4.79 Å². The van der Waals surface area contributed by atoms with E-state index in [0.29, 0.717) is 36.3 Å². The van der Waals surface area contributed by atoms with Crippen molar-refractivity contribution in [2.75, 3.05) is 48.8 Å². The molecule has 34 heavy (non-hydrogen) atoms. The average Bonchev–Trinajstić information content (AvgIpc) is 2.86. The Morgan fingerprint density at radius 2 is 1.62 bits per heavy atom. The molecule has 1 heterocycles. The monoisotopic (exact) mass is 466 g/mol. The van der Waals surface area contributed by atoms with Crippen LogP contribution in [0.15, 0.2) is 33.9 Å². The lowest BCUT2D eigenvalue weighted by Crippen LogP contribution is -2.45. The van der Waals surface area contributed by atoms with E-state index >= 15 is 0 Å². The van der Waals surface area contributed by atoms with Crippen LogP contribution in [-0.2, 0) is 11.3 Å². The average molecular weight is 467 g/mol. The maximum atomic E-state index is 12.7. The van der Waals surface area contributed by atoms with E-state index in [4.69, 9.17) is 0 Å². The number of carbonyl (C=O) groups excluding carboxylic acids is 1. The predicted molar refractivity (Wildman–Crippen MR) is 139 cm³/mol. The molecule has 0 unspecified atom stereocenters. The third kappa shape index (κ3) is 5.45. The minimum atomic E-state index is -0.375. The van der Waals surface area contributed by atoms with Crippen LogP contribution in [0.1, 0.15) is 51.0 Å². The van der Waals surface area contributed by atoms with Crippen LogP contribution in [0.2, 0.25) is 0 Å². The quantitative estimate of drug-likeness (QED) is 0.582. The molecule has 7 nitrogen and oxygen atoms in total. The molecule has 1 amide bonds. The summed E-state index contributed by atoms with van der Waals surface area (Å²) in [5, 5.41) is 6.39. The standard InChI is InChI=1S/C27H38N4O3/c1-18-12-14-31(15-13-18)24-23(25(32)26(24)33)28-16-19-4-8-21(9-5-19)27(34)29-17-20-6-10-22(11-7-20)30(2)3/h6-7,10-11,18-19,21,28H,4-5,8-9,12-17H2,1-3H3,(H,29,34). The van der Waals surface area contributed by atoms with Crippen LogP contribution < -0.4 is 31.3 Å². The SMILES string of the molecule is CC1CCN(c2c(NCC3CCC(C(=O)NCc4ccc(N(C)C)cc4)CC3)c(=O)c2=O)CC1. The number of benzene rings is 1. The summed E-state index contributed by atoms with van der Waals surface area (Å²) in [6.07, 6.45) is 5.75. The fourth-order valence-corrected chi connectivity index (χ4v) is 5.20. The van der Waals surface area contributed by atoms with E-state index in [-0.39, 0.29) is 22.7 Å². The van der Waals surface area contributed by atoms with Crippen LogP contribution in [0.5, 0.6) is 0 Å². The van der Waals surface area contributed by atoms with Crippen molar-refractivity contribution in [3.8, 4) is 0 Å². The number of amides is 1. The lowest BCUT2D eigenvalue weighted by molar-refractivity contribution is -0.126. The Morgan fingerprint density at radius 3 is 2.24 bits per heavy atom. The fraction of sp³-hybridized carbons (Fsp3) is 0.593. The van der Waals surface area contributed by atoms with Gasteiger partial charge in [0, 0.05) is 51.9 Å². The van der Waals surface area contributed by atoms with E-state index in [1.807, 2.05) is 14.1 Å². The zero-order chi connectivity index (χ0) is 24.2. The normalized spacial score (nSPS) is 21.4. The molecule has 7 heteroatoms. The molecule has 2 aliphatic rings. The van der Waals surface area contributed by atoms with Crippen LogP contribution >= 0.6 is 0 Å². The van der Waals surface area contributed by atoms with Crippen LogP contribution in [-0.4, -0.2) is 39.6 Å². The Balaban J connectivity index is 1.21. The Morgan fingerprint density at radius 1 is 0.971 bits per heavy atom. The summed E-state index contributed by atoms with van der Waals surface area (Å²) < 4.78 is 0. The van der Waals surface area contributed by atoms with Crippen molar-refractivity contribution in [1.82, 2.24) is 5.32 Å². The van der Waals surface area contributed by atoms with E-state index in [1.54, 1.807) is 0 Å². The number of rotatable bonds is 8. The van der Waals surface area contributed by atoms with E-state index in [9.17, 15) is 14.4 Å². The zero-order valence-corrected chi connectivity index (χ0v) is 20.7. The first-order chi connectivity index (χ1) is 16.3. The van der Waals surface area contributed by atoms with E-state index in [2.05, 4.69) is 51.6 Å². The van der Waals surface area contributed by atoms with Gasteiger partial charge in [-0.05, 0) is 68.1 Å². The van der Waals surface area contributed by atoms with Gasteiger partial charge in [-0.2, -0.15) is 0 Å². The van der Waals surface area contributed by atoms with Crippen molar-refractivity contribution in [1.29, 1.82) is 0 Å². The molecule has 0 bridgehead atoms. The summed E-state index contributed by atoms with van der Waals surface area (Å²) in [5.74, 6) is 1.28. The second-order valence-corrected chi connectivity index (χ2v) is 10.4. The Bertz CT molecular complexity index is 1040. The molecule has 1 aliphatic carbocycles. The van der Waals surface area contributed by atoms with Crippen molar-refractivity contribution in [3.05, 3.63) is 50.3 Å². The first-order valence-electron chi connectivity index (χ1n) is 12.7. The van der Waals surface area contributed by atoms with Crippen molar-refractivity contribution in [2.24, 2.45) is 17.8 Å². The van der Waals surface area contributed by atoms with Gasteiger partial charge in [-0.3, -0.25) is 14.4 Å². The zero-order valence-electron chi connectivity index (χ0n) is 20.7. The highest BCUT2D eigenvalue weighted by molar-refractivity contribution is 5.78. The smallest absolute Gasteiger partial charge is 0.253 e. The highest BCUT2D eigenvalue weighted by Gasteiger charge is 2.30. The molecule has 1 saturated carbocycles. The molecule has 1 saturated heterocycles. The van der Waals surface area contributed by atoms with Crippen LogP contribution in [0, 0.1) is 17.8 Å². The molecule has 2 aromatic rings. The predicted octanol–water partition coefficient (Wildman–Crippen LogP) is 3.12. The molecular formula is C27H38N4O3. The molecule has 0 spiro atoms. The van der Waals surface area contributed by atoms with Gasteiger partial charge in [0.25, 0.3) is 10.9 Å². The maximum absolute atomic E-state index is 12.7. The number of hydrogen-bond acceptors (Lipinski definition) is 6. The highest BCUT2D eigenvalue weighted by atomic mass is 16.2. The van der Waals surface area contributed by atoms with E-state index < -0.39 is 0 Å². The van der Waals surface area contributed by atoms with Crippen LogP contribution in [0.25, 0.3) is 0 Å². The molecular weight excluding hydrogens is 428 g/mol. The lowest BCUT2D eigenvalue weighted by Gasteiger charge is -2.34. The lowest BCUT2D eigenvalue weighted by atomic mass is 9.81. The largest absolute Gasteiger partial charge is 0.380 e. The van der Waals surface area contributed by atoms with Gasteiger partial charge in [0.1, 0.15) is 11.4 Å². The fourth-order valence-electron chi connectivity index (χ4n) is 5.20. The van der Waals surface area contributed by atoms with E-state index in [1.165, 1.54) is 0 Å². The second kappa shape index (κ2) is 10.6. The molecule has 2 N–H and O–H groups in total. The maximum Gasteiger partial charge on any atom is 0.253 e. The molecule has 2 aromatic carbocycles. The van der Waals surface area contributed by atoms with Gasteiger partial charge < -0.3 is 20.4 Å². The molecule has 1 aliphatic heterocycles. The van der Waals surface area contributed by atoms with Crippen LogP contribution in [0.4, 0.5) is 17.1 Å². The number of nitrogens with one attached hydrogen (secondary N) is 2. The number of piperidine rings is 1. The minimum Gasteiger partial charge on any atom is -0.380 e. The third-order valence-electron chi connectivity index (χ3n) is 7.69.